The Morgan fingerprint density at radius 1 is 1.03 bits per heavy atom. The summed E-state index contributed by atoms with van der Waals surface area (Å²) in [7, 11) is 1.61. The standard InChI is InChI=1S/C24H25ClN4O3/c1-16-8-6-11-18(20(16)25)14-19-26-22-21(29(19)15-17-9-4-3-5-10-17)23(31)28(12-7-13-30)24(32)27(22)2/h3-6,8-11,30H,7,12-15H2,1-2H3. The normalized spacial score (nSPS) is 11.4. The number of aryl methyl sites for hydroxylation is 2. The van der Waals surface area contributed by atoms with Crippen LogP contribution >= 0.6 is 11.6 Å². The summed E-state index contributed by atoms with van der Waals surface area (Å²) in [5, 5.41) is 9.87. The van der Waals surface area contributed by atoms with E-state index in [0.717, 1.165) is 16.7 Å². The van der Waals surface area contributed by atoms with Crippen LogP contribution in [-0.4, -0.2) is 30.4 Å². The lowest BCUT2D eigenvalue weighted by Crippen LogP contribution is -2.40. The van der Waals surface area contributed by atoms with Gasteiger partial charge in [0.05, 0.1) is 0 Å². The molecular formula is C24H25ClN4O3. The van der Waals surface area contributed by atoms with Crippen LogP contribution < -0.4 is 11.2 Å². The molecule has 0 fully saturated rings. The molecular weight excluding hydrogens is 428 g/mol. The first kappa shape index (κ1) is 22.0. The second-order valence-corrected chi connectivity index (χ2v) is 8.25. The van der Waals surface area contributed by atoms with Gasteiger partial charge in [-0.3, -0.25) is 13.9 Å². The Kier molecular flexibility index (Phi) is 6.30. The maximum absolute atomic E-state index is 13.4. The number of benzene rings is 2. The number of nitrogens with zero attached hydrogens (tertiary/aromatic N) is 4. The fourth-order valence-electron chi connectivity index (χ4n) is 3.93. The molecule has 166 valence electrons. The minimum Gasteiger partial charge on any atom is -0.396 e. The number of aromatic nitrogens is 4. The number of halogens is 1. The van der Waals surface area contributed by atoms with Gasteiger partial charge in [-0.15, -0.1) is 0 Å². The van der Waals surface area contributed by atoms with Crippen molar-refractivity contribution >= 4 is 22.8 Å². The molecule has 0 amide bonds. The van der Waals surface area contributed by atoms with Gasteiger partial charge in [0.1, 0.15) is 5.82 Å². The van der Waals surface area contributed by atoms with E-state index in [1.807, 2.05) is 60.0 Å². The number of rotatable bonds is 7. The van der Waals surface area contributed by atoms with Crippen LogP contribution in [0, 0.1) is 6.92 Å². The topological polar surface area (TPSA) is 82.1 Å². The van der Waals surface area contributed by atoms with Gasteiger partial charge in [0.2, 0.25) is 0 Å². The summed E-state index contributed by atoms with van der Waals surface area (Å²) in [5.74, 6) is 0.656. The van der Waals surface area contributed by atoms with E-state index < -0.39 is 11.2 Å². The second-order valence-electron chi connectivity index (χ2n) is 7.87. The van der Waals surface area contributed by atoms with E-state index in [1.165, 1.54) is 9.13 Å². The van der Waals surface area contributed by atoms with Crippen molar-refractivity contribution in [2.75, 3.05) is 6.61 Å². The third-order valence-electron chi connectivity index (χ3n) is 5.66. The van der Waals surface area contributed by atoms with Gasteiger partial charge in [-0.25, -0.2) is 9.78 Å². The molecule has 0 unspecified atom stereocenters. The monoisotopic (exact) mass is 452 g/mol. The molecule has 0 radical (unpaired) electrons. The van der Waals surface area contributed by atoms with Crippen LogP contribution in [0.4, 0.5) is 0 Å². The number of imidazole rings is 1. The molecule has 2 aromatic heterocycles. The molecule has 0 saturated carbocycles. The van der Waals surface area contributed by atoms with Crippen molar-refractivity contribution in [1.29, 1.82) is 0 Å². The quantitative estimate of drug-likeness (QED) is 0.467. The average Bonchev–Trinajstić information content (AvgIpc) is 3.14. The molecule has 0 aliphatic carbocycles. The zero-order valence-corrected chi connectivity index (χ0v) is 18.8. The smallest absolute Gasteiger partial charge is 0.332 e. The van der Waals surface area contributed by atoms with Crippen molar-refractivity contribution < 1.29 is 5.11 Å². The number of fused-ring (bicyclic) bond motifs is 1. The van der Waals surface area contributed by atoms with E-state index in [2.05, 4.69) is 0 Å². The summed E-state index contributed by atoms with van der Waals surface area (Å²) in [4.78, 5) is 30.9. The molecule has 0 spiro atoms. The Hall–Kier alpha value is -3.16. The molecule has 7 nitrogen and oxygen atoms in total. The highest BCUT2D eigenvalue weighted by atomic mass is 35.5. The SMILES string of the molecule is Cc1cccc(Cc2nc3c(c(=O)n(CCCO)c(=O)n3C)n2Cc2ccccc2)c1Cl. The second kappa shape index (κ2) is 9.14. The lowest BCUT2D eigenvalue weighted by Gasteiger charge is -2.12. The zero-order chi connectivity index (χ0) is 22.8. The third-order valence-corrected chi connectivity index (χ3v) is 6.20. The van der Waals surface area contributed by atoms with Crippen molar-refractivity contribution in [3.63, 3.8) is 0 Å². The molecule has 1 N–H and O–H groups in total. The van der Waals surface area contributed by atoms with E-state index in [9.17, 15) is 14.7 Å². The van der Waals surface area contributed by atoms with Gasteiger partial charge in [-0.05, 0) is 30.0 Å². The molecule has 4 aromatic rings. The maximum atomic E-state index is 13.4. The Balaban J connectivity index is 1.96. The van der Waals surface area contributed by atoms with E-state index in [1.54, 1.807) is 7.05 Å². The molecule has 2 aromatic carbocycles. The van der Waals surface area contributed by atoms with Crippen LogP contribution in [0.15, 0.2) is 58.1 Å². The minimum absolute atomic E-state index is 0.103. The summed E-state index contributed by atoms with van der Waals surface area (Å²) >= 11 is 6.54. The van der Waals surface area contributed by atoms with E-state index in [4.69, 9.17) is 16.6 Å². The van der Waals surface area contributed by atoms with Crippen molar-refractivity contribution in [3.8, 4) is 0 Å². The molecule has 0 atom stereocenters. The Labute approximate surface area is 190 Å². The van der Waals surface area contributed by atoms with Crippen LogP contribution in [0.1, 0.15) is 28.9 Å². The Morgan fingerprint density at radius 3 is 2.50 bits per heavy atom. The fourth-order valence-corrected chi connectivity index (χ4v) is 4.12. The van der Waals surface area contributed by atoms with Gasteiger partial charge >= 0.3 is 5.69 Å². The van der Waals surface area contributed by atoms with Gasteiger partial charge in [-0.2, -0.15) is 0 Å². The fraction of sp³-hybridized carbons (Fsp3) is 0.292. The van der Waals surface area contributed by atoms with E-state index >= 15 is 0 Å². The minimum atomic E-state index is -0.444. The third kappa shape index (κ3) is 4.01. The summed E-state index contributed by atoms with van der Waals surface area (Å²) in [6.07, 6.45) is 0.742. The predicted molar refractivity (Wildman–Crippen MR) is 125 cm³/mol. The van der Waals surface area contributed by atoms with Crippen LogP contribution in [0.5, 0.6) is 0 Å². The number of hydrogen-bond donors (Lipinski definition) is 1. The predicted octanol–water partition coefficient (Wildman–Crippen LogP) is 2.88. The Morgan fingerprint density at radius 2 is 1.78 bits per heavy atom. The van der Waals surface area contributed by atoms with E-state index in [0.29, 0.717) is 41.4 Å². The first-order valence-corrected chi connectivity index (χ1v) is 10.9. The number of hydrogen-bond acceptors (Lipinski definition) is 4. The molecule has 0 saturated heterocycles. The maximum Gasteiger partial charge on any atom is 0.332 e. The number of aliphatic hydroxyl groups is 1. The van der Waals surface area contributed by atoms with E-state index in [-0.39, 0.29) is 13.2 Å². The average molecular weight is 453 g/mol. The highest BCUT2D eigenvalue weighted by molar-refractivity contribution is 6.32. The molecule has 0 aliphatic rings. The molecule has 4 rings (SSSR count). The molecule has 0 aliphatic heterocycles. The largest absolute Gasteiger partial charge is 0.396 e. The highest BCUT2D eigenvalue weighted by Crippen LogP contribution is 2.24. The molecule has 0 bridgehead atoms. The lowest BCUT2D eigenvalue weighted by molar-refractivity contribution is 0.277. The van der Waals surface area contributed by atoms with Gasteiger partial charge in [0, 0.05) is 38.2 Å². The lowest BCUT2D eigenvalue weighted by atomic mass is 10.1. The van der Waals surface area contributed by atoms with Crippen LogP contribution in [0.2, 0.25) is 5.02 Å². The summed E-state index contributed by atoms with van der Waals surface area (Å²) < 4.78 is 4.45. The summed E-state index contributed by atoms with van der Waals surface area (Å²) in [5.41, 5.74) is 2.75. The highest BCUT2D eigenvalue weighted by Gasteiger charge is 2.21. The van der Waals surface area contributed by atoms with Crippen LogP contribution in [-0.2, 0) is 26.6 Å². The molecule has 2 heterocycles. The molecule has 8 heteroatoms. The van der Waals surface area contributed by atoms with Gasteiger partial charge in [0.25, 0.3) is 5.56 Å². The van der Waals surface area contributed by atoms with Crippen molar-refractivity contribution in [2.24, 2.45) is 7.05 Å². The van der Waals surface area contributed by atoms with Crippen molar-refractivity contribution in [3.05, 3.63) is 96.9 Å². The van der Waals surface area contributed by atoms with Gasteiger partial charge < -0.3 is 9.67 Å². The molecule has 32 heavy (non-hydrogen) atoms. The first-order chi connectivity index (χ1) is 15.4. The van der Waals surface area contributed by atoms with Crippen LogP contribution in [0.25, 0.3) is 11.2 Å². The van der Waals surface area contributed by atoms with Crippen LogP contribution in [0.3, 0.4) is 0 Å². The number of aliphatic hydroxyl groups excluding tert-OH is 1. The van der Waals surface area contributed by atoms with Crippen molar-refractivity contribution in [2.45, 2.75) is 32.9 Å². The summed E-state index contributed by atoms with van der Waals surface area (Å²) in [6, 6.07) is 15.6. The summed E-state index contributed by atoms with van der Waals surface area (Å²) in [6.45, 7) is 2.42. The van der Waals surface area contributed by atoms with Crippen molar-refractivity contribution in [1.82, 2.24) is 18.7 Å². The zero-order valence-electron chi connectivity index (χ0n) is 18.1. The van der Waals surface area contributed by atoms with Gasteiger partial charge in [0.15, 0.2) is 11.2 Å². The van der Waals surface area contributed by atoms with Gasteiger partial charge in [-0.1, -0.05) is 60.1 Å². The Bertz CT molecular complexity index is 1390. The first-order valence-electron chi connectivity index (χ1n) is 10.5.